The average Bonchev–Trinajstić information content (AvgIpc) is 2.65. The van der Waals surface area contributed by atoms with Gasteiger partial charge in [-0.15, -0.1) is 0 Å². The van der Waals surface area contributed by atoms with E-state index in [2.05, 4.69) is 63.8 Å². The van der Waals surface area contributed by atoms with Crippen molar-refractivity contribution >= 4 is 39.9 Å². The molecule has 24 heavy (non-hydrogen) atoms. The van der Waals surface area contributed by atoms with Crippen LogP contribution in [-0.4, -0.2) is 5.91 Å². The van der Waals surface area contributed by atoms with E-state index in [1.807, 2.05) is 48.5 Å². The number of carbonyl (C=O) groups excluding carboxylic acids is 1. The lowest BCUT2D eigenvalue weighted by atomic mass is 10.0. The smallest absolute Gasteiger partial charge is 0.255 e. The van der Waals surface area contributed by atoms with E-state index in [1.54, 1.807) is 0 Å². The van der Waals surface area contributed by atoms with Crippen molar-refractivity contribution in [1.82, 2.24) is 0 Å². The summed E-state index contributed by atoms with van der Waals surface area (Å²) in [5, 5.41) is 2.91. The number of anilines is 1. The second-order valence-electron chi connectivity index (χ2n) is 5.39. The third-order valence-electron chi connectivity index (χ3n) is 3.78. The van der Waals surface area contributed by atoms with Crippen LogP contribution in [0.2, 0.25) is 0 Å². The van der Waals surface area contributed by atoms with Crippen LogP contribution >= 0.6 is 28.3 Å². The molecule has 0 radical (unpaired) electrons. The molecule has 1 amide bonds. The number of hydrogen-bond acceptors (Lipinski definition) is 1. The molecule has 2 unspecified atom stereocenters. The van der Waals surface area contributed by atoms with Gasteiger partial charge in [-0.1, -0.05) is 82.7 Å². The van der Waals surface area contributed by atoms with Crippen LogP contribution in [-0.2, 0) is 0 Å². The minimum Gasteiger partial charge on any atom is -0.322 e. The summed E-state index contributed by atoms with van der Waals surface area (Å²) in [4.78, 5) is 12.3. The van der Waals surface area contributed by atoms with Gasteiger partial charge in [0.25, 0.3) is 5.91 Å². The van der Waals surface area contributed by atoms with Crippen molar-refractivity contribution in [1.29, 1.82) is 0 Å². The summed E-state index contributed by atoms with van der Waals surface area (Å²) in [5.74, 6) is -0.0825. The van der Waals surface area contributed by atoms with E-state index in [0.29, 0.717) is 11.2 Å². The summed E-state index contributed by atoms with van der Waals surface area (Å²) >= 11 is 2.44. The van der Waals surface area contributed by atoms with Crippen LogP contribution in [0.5, 0.6) is 0 Å². The van der Waals surface area contributed by atoms with Gasteiger partial charge in [-0.2, -0.15) is 0 Å². The third-order valence-corrected chi connectivity index (χ3v) is 6.53. The molecule has 3 rings (SSSR count). The highest BCUT2D eigenvalue weighted by Crippen LogP contribution is 2.45. The molecule has 4 heteroatoms. The molecule has 0 aromatic heterocycles. The number of para-hydroxylation sites is 1. The fourth-order valence-electron chi connectivity index (χ4n) is 2.52. The van der Waals surface area contributed by atoms with Gasteiger partial charge in [0.1, 0.15) is 0 Å². The van der Waals surface area contributed by atoms with Crippen molar-refractivity contribution in [2.24, 2.45) is 0 Å². The number of halogens is 1. The minimum absolute atomic E-state index is 0.0825. The van der Waals surface area contributed by atoms with Crippen LogP contribution in [0.4, 0.5) is 5.69 Å². The molecule has 3 aromatic rings. The summed E-state index contributed by atoms with van der Waals surface area (Å²) in [6.07, 6.45) is 0.742. The number of hydrogen-bond donors (Lipinski definition) is 1. The average molecular weight is 445 g/mol. The Morgan fingerprint density at radius 1 is 0.792 bits per heavy atom. The first kappa shape index (κ1) is 17.1. The summed E-state index contributed by atoms with van der Waals surface area (Å²) in [7, 11) is 0. The Morgan fingerprint density at radius 2 is 1.33 bits per heavy atom. The molecular weight excluding hydrogens is 428 g/mol. The Balaban J connectivity index is 1.76. The maximum absolute atomic E-state index is 12.3. The summed E-state index contributed by atoms with van der Waals surface area (Å²) in [6.45, 7) is 0. The molecular formula is C20H17INOP. The van der Waals surface area contributed by atoms with Crippen molar-refractivity contribution < 1.29 is 4.79 Å². The number of carbonyl (C=O) groups is 1. The summed E-state index contributed by atoms with van der Waals surface area (Å²) in [5.41, 5.74) is 4.41. The number of nitrogens with one attached hydrogen (secondary N) is 1. The fraction of sp³-hybridized carbons (Fsp3) is 0.0500. The molecule has 3 aromatic carbocycles. The van der Waals surface area contributed by atoms with E-state index in [4.69, 9.17) is 0 Å². The van der Waals surface area contributed by atoms with Crippen molar-refractivity contribution in [2.45, 2.75) is 5.66 Å². The minimum atomic E-state index is -0.0825. The van der Waals surface area contributed by atoms with E-state index in [0.717, 1.165) is 11.9 Å². The second-order valence-corrected chi connectivity index (χ2v) is 8.06. The Labute approximate surface area is 157 Å². The quantitative estimate of drug-likeness (QED) is 0.376. The highest BCUT2D eigenvalue weighted by atomic mass is 127. The molecule has 0 aliphatic carbocycles. The maximum Gasteiger partial charge on any atom is 0.255 e. The van der Waals surface area contributed by atoms with Crippen molar-refractivity contribution in [3.05, 3.63) is 102 Å². The van der Waals surface area contributed by atoms with Gasteiger partial charge in [-0.05, 0) is 41.6 Å². The van der Waals surface area contributed by atoms with E-state index in [-0.39, 0.29) is 5.91 Å². The molecule has 0 aliphatic rings. The van der Waals surface area contributed by atoms with E-state index in [1.165, 1.54) is 11.1 Å². The lowest BCUT2D eigenvalue weighted by Crippen LogP contribution is -2.11. The van der Waals surface area contributed by atoms with Crippen molar-refractivity contribution in [3.63, 3.8) is 0 Å². The molecule has 0 fully saturated rings. The first-order valence-corrected chi connectivity index (χ1v) is 11.8. The topological polar surface area (TPSA) is 29.1 Å². The Morgan fingerprint density at radius 3 is 1.92 bits per heavy atom. The Bertz CT molecular complexity index is 791. The zero-order chi connectivity index (χ0) is 16.8. The van der Waals surface area contributed by atoms with E-state index < -0.39 is 0 Å². The molecule has 0 aliphatic heterocycles. The molecule has 0 spiro atoms. The van der Waals surface area contributed by atoms with Gasteiger partial charge < -0.3 is 5.32 Å². The van der Waals surface area contributed by atoms with Crippen LogP contribution in [0, 0.1) is 0 Å². The highest BCUT2D eigenvalue weighted by molar-refractivity contribution is 14.2. The largest absolute Gasteiger partial charge is 0.322 e. The van der Waals surface area contributed by atoms with Gasteiger partial charge in [0.15, 0.2) is 0 Å². The van der Waals surface area contributed by atoms with Crippen LogP contribution in [0.25, 0.3) is 0 Å². The lowest BCUT2D eigenvalue weighted by Gasteiger charge is -2.15. The lowest BCUT2D eigenvalue weighted by molar-refractivity contribution is 0.102. The monoisotopic (exact) mass is 445 g/mol. The Hall–Kier alpha value is -1.71. The predicted octanol–water partition coefficient (Wildman–Crippen LogP) is 6.06. The van der Waals surface area contributed by atoms with Gasteiger partial charge in [0.2, 0.25) is 0 Å². The van der Waals surface area contributed by atoms with Gasteiger partial charge >= 0.3 is 0 Å². The molecule has 0 bridgehead atoms. The van der Waals surface area contributed by atoms with E-state index in [9.17, 15) is 4.79 Å². The third kappa shape index (κ3) is 4.22. The molecule has 120 valence electrons. The molecule has 0 saturated heterocycles. The van der Waals surface area contributed by atoms with E-state index >= 15 is 0 Å². The summed E-state index contributed by atoms with van der Waals surface area (Å²) < 4.78 is 0. The first-order chi connectivity index (χ1) is 11.8. The van der Waals surface area contributed by atoms with Crippen molar-refractivity contribution in [2.75, 3.05) is 5.32 Å². The number of rotatable bonds is 5. The second kappa shape index (κ2) is 8.41. The first-order valence-electron chi connectivity index (χ1n) is 7.65. The van der Waals surface area contributed by atoms with Gasteiger partial charge in [0, 0.05) is 16.9 Å². The molecule has 2 atom stereocenters. The fourth-order valence-corrected chi connectivity index (χ4v) is 5.31. The van der Waals surface area contributed by atoms with Gasteiger partial charge in [0.05, 0.1) is 0 Å². The maximum atomic E-state index is 12.3. The van der Waals surface area contributed by atoms with Gasteiger partial charge in [-0.3, -0.25) is 4.79 Å². The molecule has 1 N–H and O–H groups in total. The van der Waals surface area contributed by atoms with Crippen LogP contribution < -0.4 is 5.32 Å². The van der Waals surface area contributed by atoms with Gasteiger partial charge in [-0.25, -0.2) is 0 Å². The predicted molar refractivity (Wildman–Crippen MR) is 111 cm³/mol. The molecule has 0 heterocycles. The Kier molecular flexibility index (Phi) is 6.00. The van der Waals surface area contributed by atoms with Crippen LogP contribution in [0.15, 0.2) is 84.9 Å². The number of amides is 1. The zero-order valence-corrected chi connectivity index (χ0v) is 16.1. The molecule has 2 nitrogen and oxygen atoms in total. The summed E-state index contributed by atoms with van der Waals surface area (Å²) in [6, 6.07) is 27.9. The van der Waals surface area contributed by atoms with Crippen molar-refractivity contribution in [3.8, 4) is 0 Å². The zero-order valence-electron chi connectivity index (χ0n) is 12.9. The standard InChI is InChI=1S/C20H17INOP/c21-24-19(15-7-3-1-4-8-15)16-11-13-17(14-12-16)20(23)22-18-9-5-2-6-10-18/h1-14,19,24H,(H,22,23). The highest BCUT2D eigenvalue weighted by Gasteiger charge is 2.13. The SMILES string of the molecule is O=C(Nc1ccccc1)c1ccc(C(PI)c2ccccc2)cc1. The molecule has 0 saturated carbocycles. The normalized spacial score (nSPS) is 12.2. The van der Waals surface area contributed by atoms with Crippen LogP contribution in [0.1, 0.15) is 27.1 Å². The number of benzene rings is 3. The van der Waals surface area contributed by atoms with Crippen LogP contribution in [0.3, 0.4) is 0 Å².